The maximum atomic E-state index is 14.7. The van der Waals surface area contributed by atoms with E-state index in [9.17, 15) is 22.7 Å². The molecule has 39 heavy (non-hydrogen) atoms. The van der Waals surface area contributed by atoms with Crippen LogP contribution in [0, 0.1) is 50.1 Å². The molecule has 4 aromatic rings. The van der Waals surface area contributed by atoms with E-state index in [1.165, 1.54) is 6.20 Å². The van der Waals surface area contributed by atoms with Crippen molar-refractivity contribution in [2.45, 2.75) is 45.8 Å². The van der Waals surface area contributed by atoms with Crippen LogP contribution in [0.1, 0.15) is 46.4 Å². The molecule has 204 valence electrons. The van der Waals surface area contributed by atoms with Crippen LogP contribution in [0.2, 0.25) is 0 Å². The number of nitrogens with zero attached hydrogens (tertiary/aromatic N) is 3. The molecule has 6 rings (SSSR count). The van der Waals surface area contributed by atoms with Crippen LogP contribution in [-0.4, -0.2) is 26.5 Å². The first-order valence-corrected chi connectivity index (χ1v) is 11.8. The number of aromatic nitrogens is 2. The van der Waals surface area contributed by atoms with Crippen molar-refractivity contribution < 1.29 is 53.2 Å². The van der Waals surface area contributed by atoms with Gasteiger partial charge in [-0.25, -0.2) is 27.5 Å². The second-order valence-electron chi connectivity index (χ2n) is 9.88. The van der Waals surface area contributed by atoms with Crippen molar-refractivity contribution in [1.29, 1.82) is 0 Å². The Morgan fingerprint density at radius 3 is 2.51 bits per heavy atom. The van der Waals surface area contributed by atoms with E-state index < -0.39 is 34.9 Å². The van der Waals surface area contributed by atoms with E-state index >= 15 is 0 Å². The maximum absolute atomic E-state index is 14.7. The zero-order chi connectivity index (χ0) is 27.1. The molecule has 1 aliphatic carbocycles. The Kier molecular flexibility index (Phi) is 6.45. The summed E-state index contributed by atoms with van der Waals surface area (Å²) in [5, 5.41) is 10.3. The molecule has 1 aromatic heterocycles. The van der Waals surface area contributed by atoms with Crippen molar-refractivity contribution in [2.24, 2.45) is 4.99 Å². The Balaban J connectivity index is 0.00000308. The van der Waals surface area contributed by atoms with Gasteiger partial charge < -0.3 is 14.6 Å². The molecular weight excluding hydrogens is 697 g/mol. The van der Waals surface area contributed by atoms with Crippen LogP contribution in [0.5, 0.6) is 17.4 Å². The van der Waals surface area contributed by atoms with Crippen LogP contribution in [0.15, 0.2) is 29.4 Å². The van der Waals surface area contributed by atoms with Crippen LogP contribution in [0.4, 0.5) is 17.6 Å². The van der Waals surface area contributed by atoms with E-state index in [4.69, 9.17) is 9.47 Å². The minimum Gasteiger partial charge on any atom is -0.510 e. The fraction of sp³-hybridized carbons (Fsp3) is 0.250. The van der Waals surface area contributed by atoms with Crippen molar-refractivity contribution in [3.05, 3.63) is 87.1 Å². The van der Waals surface area contributed by atoms with Gasteiger partial charge in [0.05, 0.1) is 17.3 Å². The standard InChI is InChI=1S/C28H20F4N3O3.Pt/c1-11-5-17-25(18(36)6-11)34-19(10-33-17)37-14-7-12(2)13(3)15(8-14)27-35-28(4)9-16-20(26(28)38-27)22(30)24(32)23(31)21(16)29;/h5-7,10,26,36H,9H2,1-4H3;/q-1;/t26-,28+;/m1./s1. The van der Waals surface area contributed by atoms with Gasteiger partial charge in [0.1, 0.15) is 23.3 Å². The number of benzene rings is 3. The summed E-state index contributed by atoms with van der Waals surface area (Å²) in [7, 11) is 0. The molecule has 0 saturated heterocycles. The Labute approximate surface area is 235 Å². The molecule has 0 fully saturated rings. The number of aryl methyl sites for hydroxylation is 2. The third kappa shape index (κ3) is 4.16. The molecule has 0 spiro atoms. The van der Waals surface area contributed by atoms with Crippen molar-refractivity contribution >= 4 is 16.9 Å². The van der Waals surface area contributed by atoms with E-state index in [-0.39, 0.29) is 67.4 Å². The van der Waals surface area contributed by atoms with E-state index in [0.29, 0.717) is 11.1 Å². The molecule has 2 atom stereocenters. The van der Waals surface area contributed by atoms with Gasteiger partial charge in [0.25, 0.3) is 0 Å². The van der Waals surface area contributed by atoms with Crippen LogP contribution in [0.3, 0.4) is 0 Å². The van der Waals surface area contributed by atoms with Gasteiger partial charge in [-0.15, -0.1) is 11.1 Å². The second kappa shape index (κ2) is 9.29. The third-order valence-corrected chi connectivity index (χ3v) is 7.09. The number of rotatable bonds is 3. The summed E-state index contributed by atoms with van der Waals surface area (Å²) in [6.45, 7) is 7.09. The summed E-state index contributed by atoms with van der Waals surface area (Å²) in [4.78, 5) is 13.2. The van der Waals surface area contributed by atoms with Gasteiger partial charge in [0.15, 0.2) is 23.3 Å². The van der Waals surface area contributed by atoms with Gasteiger partial charge in [0.2, 0.25) is 5.88 Å². The van der Waals surface area contributed by atoms with Gasteiger partial charge in [-0.05, 0) is 31.5 Å². The number of phenolic OH excluding ortho intramolecular Hbond substituents is 1. The minimum atomic E-state index is -1.88. The SMILES string of the molecule is Cc1cc(O)c2nc(Oc3[c-]c(C4=N[C@@]5(C)Cc6c(F)c(F)c(F)c(F)c6[C@H]5O4)c(C)c(C)c3)cnc2c1.[Pt]. The molecule has 1 N–H and O–H groups in total. The Morgan fingerprint density at radius 2 is 1.77 bits per heavy atom. The Hall–Kier alpha value is -3.52. The molecule has 2 aliphatic rings. The smallest absolute Gasteiger partial charge is 0.236 e. The third-order valence-electron chi connectivity index (χ3n) is 7.09. The monoisotopic (exact) mass is 717 g/mol. The zero-order valence-electron chi connectivity index (χ0n) is 21.0. The average Bonchev–Trinajstić information content (AvgIpc) is 3.34. The molecule has 0 saturated carbocycles. The number of fused-ring (bicyclic) bond motifs is 4. The quantitative estimate of drug-likeness (QED) is 0.118. The summed E-state index contributed by atoms with van der Waals surface area (Å²) < 4.78 is 68.9. The first-order chi connectivity index (χ1) is 18.0. The predicted octanol–water partition coefficient (Wildman–Crippen LogP) is 6.24. The number of hydrogen-bond donors (Lipinski definition) is 1. The van der Waals surface area contributed by atoms with Gasteiger partial charge in [-0.1, -0.05) is 31.5 Å². The number of halogens is 4. The maximum Gasteiger partial charge on any atom is 0.236 e. The van der Waals surface area contributed by atoms with Crippen molar-refractivity contribution in [3.8, 4) is 17.4 Å². The molecule has 11 heteroatoms. The topological polar surface area (TPSA) is 76.8 Å². The summed E-state index contributed by atoms with van der Waals surface area (Å²) >= 11 is 0. The molecule has 0 amide bonds. The van der Waals surface area contributed by atoms with Crippen LogP contribution >= 0.6 is 0 Å². The van der Waals surface area contributed by atoms with Gasteiger partial charge in [0, 0.05) is 44.4 Å². The summed E-state index contributed by atoms with van der Waals surface area (Å²) in [6, 6.07) is 8.16. The summed E-state index contributed by atoms with van der Waals surface area (Å²) in [6.07, 6.45) is 0.105. The first kappa shape index (κ1) is 27.1. The molecule has 3 aromatic carbocycles. The number of aromatic hydroxyl groups is 1. The molecule has 6 nitrogen and oxygen atoms in total. The van der Waals surface area contributed by atoms with Crippen molar-refractivity contribution in [1.82, 2.24) is 9.97 Å². The summed E-state index contributed by atoms with van der Waals surface area (Å²) in [5.41, 5.74) is 1.74. The molecule has 0 radical (unpaired) electrons. The largest absolute Gasteiger partial charge is 0.510 e. The number of phenols is 1. The van der Waals surface area contributed by atoms with Gasteiger partial charge >= 0.3 is 0 Å². The van der Waals surface area contributed by atoms with Crippen LogP contribution < -0.4 is 4.74 Å². The molecule has 1 aliphatic heterocycles. The van der Waals surface area contributed by atoms with E-state index in [1.54, 1.807) is 25.1 Å². The average molecular weight is 718 g/mol. The van der Waals surface area contributed by atoms with Gasteiger partial charge in [-0.3, -0.25) is 4.99 Å². The van der Waals surface area contributed by atoms with Crippen LogP contribution in [0.25, 0.3) is 11.0 Å². The second-order valence-corrected chi connectivity index (χ2v) is 9.88. The Morgan fingerprint density at radius 1 is 1.05 bits per heavy atom. The molecule has 0 bridgehead atoms. The van der Waals surface area contributed by atoms with Crippen molar-refractivity contribution in [3.63, 3.8) is 0 Å². The van der Waals surface area contributed by atoms with E-state index in [0.717, 1.165) is 16.7 Å². The zero-order valence-corrected chi connectivity index (χ0v) is 23.3. The van der Waals surface area contributed by atoms with Gasteiger partial charge in [-0.2, -0.15) is 0 Å². The number of hydrogen-bond acceptors (Lipinski definition) is 6. The predicted molar refractivity (Wildman–Crippen MR) is 130 cm³/mol. The first-order valence-electron chi connectivity index (χ1n) is 11.8. The number of aliphatic imine (C=N–C) groups is 1. The normalized spacial score (nSPS) is 19.3. The van der Waals surface area contributed by atoms with E-state index in [1.807, 2.05) is 20.8 Å². The van der Waals surface area contributed by atoms with Crippen LogP contribution in [-0.2, 0) is 32.2 Å². The fourth-order valence-electron chi connectivity index (χ4n) is 5.07. The molecule has 0 unspecified atom stereocenters. The molecular formula is C28H20F4N3O3Pt-. The molecule has 2 heterocycles. The fourth-order valence-corrected chi connectivity index (χ4v) is 5.07. The number of ether oxygens (including phenoxy) is 2. The summed E-state index contributed by atoms with van der Waals surface area (Å²) in [5.74, 6) is -6.21. The van der Waals surface area contributed by atoms with Crippen molar-refractivity contribution in [2.75, 3.05) is 0 Å². The minimum absolute atomic E-state index is 0. The Bertz CT molecular complexity index is 1730. The van der Waals surface area contributed by atoms with E-state index in [2.05, 4.69) is 21.0 Å².